The number of primary amides is 1. The van der Waals surface area contributed by atoms with Crippen molar-refractivity contribution in [2.75, 3.05) is 7.11 Å². The first-order valence-electron chi connectivity index (χ1n) is 10.9. The quantitative estimate of drug-likeness (QED) is 0.287. The maximum absolute atomic E-state index is 13.4. The highest BCUT2D eigenvalue weighted by Crippen LogP contribution is 2.30. The molecule has 188 valence electrons. The van der Waals surface area contributed by atoms with Crippen LogP contribution in [-0.2, 0) is 16.0 Å². The van der Waals surface area contributed by atoms with E-state index in [0.29, 0.717) is 11.3 Å². The summed E-state index contributed by atoms with van der Waals surface area (Å²) in [7, 11) is 1.51. The molecule has 10 nitrogen and oxygen atoms in total. The summed E-state index contributed by atoms with van der Waals surface area (Å²) in [6.07, 6.45) is -4.03. The standard InChI is InChI=1S/C24H28FN3O7/c1-35-16-7-5-13(6-8-16)9-17(21(26)31)28-23(33)24(34)11-18(20(30)19(29)12-24)27-22(32)14-3-2-4-15(25)10-14/h2-8,10,17-20,29-30,34H,9,11-12H2,1H3,(H2,26,31)(H,27,32)(H,28,33)/t17-,18-,19+,20+,24-/m0/s1. The van der Waals surface area contributed by atoms with Gasteiger partial charge < -0.3 is 36.4 Å². The van der Waals surface area contributed by atoms with E-state index in [1.54, 1.807) is 24.3 Å². The fourth-order valence-electron chi connectivity index (χ4n) is 4.02. The molecule has 0 radical (unpaired) electrons. The third-order valence-electron chi connectivity index (χ3n) is 5.98. The molecule has 1 saturated carbocycles. The Morgan fingerprint density at radius 1 is 1.17 bits per heavy atom. The lowest BCUT2D eigenvalue weighted by Crippen LogP contribution is -2.64. The van der Waals surface area contributed by atoms with Crippen LogP contribution < -0.4 is 21.1 Å². The number of carbonyl (C=O) groups is 3. The Morgan fingerprint density at radius 2 is 1.86 bits per heavy atom. The average molecular weight is 490 g/mol. The Bertz CT molecular complexity index is 1080. The van der Waals surface area contributed by atoms with Crippen molar-refractivity contribution in [3.05, 3.63) is 65.5 Å². The Morgan fingerprint density at radius 3 is 2.46 bits per heavy atom. The van der Waals surface area contributed by atoms with Gasteiger partial charge in [-0.1, -0.05) is 18.2 Å². The summed E-state index contributed by atoms with van der Waals surface area (Å²) in [5, 5.41) is 36.5. The largest absolute Gasteiger partial charge is 0.497 e. The minimum absolute atomic E-state index is 0.0338. The number of aliphatic hydroxyl groups excluding tert-OH is 2. The second-order valence-corrected chi connectivity index (χ2v) is 8.57. The van der Waals surface area contributed by atoms with Gasteiger partial charge in [0, 0.05) is 24.8 Å². The highest BCUT2D eigenvalue weighted by molar-refractivity contribution is 5.95. The van der Waals surface area contributed by atoms with Crippen LogP contribution in [0, 0.1) is 5.82 Å². The molecule has 0 aromatic heterocycles. The summed E-state index contributed by atoms with van der Waals surface area (Å²) in [6, 6.07) is 9.12. The van der Waals surface area contributed by atoms with Crippen LogP contribution in [0.5, 0.6) is 5.75 Å². The number of rotatable bonds is 8. The van der Waals surface area contributed by atoms with Crippen molar-refractivity contribution < 1.29 is 38.8 Å². The van der Waals surface area contributed by atoms with E-state index in [-0.39, 0.29) is 12.0 Å². The molecule has 3 rings (SSSR count). The molecule has 0 unspecified atom stereocenters. The smallest absolute Gasteiger partial charge is 0.252 e. The van der Waals surface area contributed by atoms with E-state index < -0.39 is 66.3 Å². The summed E-state index contributed by atoms with van der Waals surface area (Å²) in [5.74, 6) is -2.65. The number of carbonyl (C=O) groups excluding carboxylic acids is 3. The van der Waals surface area contributed by atoms with Crippen LogP contribution >= 0.6 is 0 Å². The van der Waals surface area contributed by atoms with Gasteiger partial charge in [-0.3, -0.25) is 14.4 Å². The van der Waals surface area contributed by atoms with E-state index in [0.717, 1.165) is 12.1 Å². The molecule has 2 aromatic rings. The molecular formula is C24H28FN3O7. The Kier molecular flexibility index (Phi) is 8.05. The molecule has 11 heteroatoms. The van der Waals surface area contributed by atoms with Crippen molar-refractivity contribution in [3.8, 4) is 5.75 Å². The maximum atomic E-state index is 13.4. The first-order valence-corrected chi connectivity index (χ1v) is 10.9. The number of amides is 3. The number of ether oxygens (including phenoxy) is 1. The first-order chi connectivity index (χ1) is 16.5. The highest BCUT2D eigenvalue weighted by atomic mass is 19.1. The second-order valence-electron chi connectivity index (χ2n) is 8.57. The monoisotopic (exact) mass is 489 g/mol. The van der Waals surface area contributed by atoms with Crippen molar-refractivity contribution in [1.82, 2.24) is 10.6 Å². The number of hydrogen-bond acceptors (Lipinski definition) is 7. The number of nitrogens with one attached hydrogen (secondary N) is 2. The normalized spacial score (nSPS) is 24.8. The van der Waals surface area contributed by atoms with Crippen molar-refractivity contribution >= 4 is 17.7 Å². The van der Waals surface area contributed by atoms with Gasteiger partial charge in [0.1, 0.15) is 29.3 Å². The molecule has 0 spiro atoms. The maximum Gasteiger partial charge on any atom is 0.252 e. The van der Waals surface area contributed by atoms with E-state index in [4.69, 9.17) is 10.5 Å². The molecule has 0 heterocycles. The summed E-state index contributed by atoms with van der Waals surface area (Å²) in [5.41, 5.74) is 3.84. The van der Waals surface area contributed by atoms with Gasteiger partial charge in [-0.25, -0.2) is 4.39 Å². The fourth-order valence-corrected chi connectivity index (χ4v) is 4.02. The van der Waals surface area contributed by atoms with Crippen LogP contribution in [0.25, 0.3) is 0 Å². The molecular weight excluding hydrogens is 461 g/mol. The van der Waals surface area contributed by atoms with Crippen LogP contribution in [0.15, 0.2) is 48.5 Å². The number of aliphatic hydroxyl groups is 3. The lowest BCUT2D eigenvalue weighted by molar-refractivity contribution is -0.159. The zero-order valence-corrected chi connectivity index (χ0v) is 19.0. The van der Waals surface area contributed by atoms with Crippen molar-refractivity contribution in [2.24, 2.45) is 5.73 Å². The van der Waals surface area contributed by atoms with Crippen LogP contribution in [0.4, 0.5) is 4.39 Å². The van der Waals surface area contributed by atoms with Gasteiger partial charge in [0.15, 0.2) is 0 Å². The molecule has 1 aliphatic carbocycles. The summed E-state index contributed by atoms with van der Waals surface area (Å²) in [6.45, 7) is 0. The Labute approximate surface area is 200 Å². The van der Waals surface area contributed by atoms with Gasteiger partial charge in [-0.15, -0.1) is 0 Å². The molecule has 0 saturated heterocycles. The van der Waals surface area contributed by atoms with Crippen molar-refractivity contribution in [3.63, 3.8) is 0 Å². The van der Waals surface area contributed by atoms with Crippen molar-refractivity contribution in [1.29, 1.82) is 0 Å². The predicted octanol–water partition coefficient (Wildman–Crippen LogP) is -0.608. The van der Waals surface area contributed by atoms with Crippen LogP contribution in [0.3, 0.4) is 0 Å². The van der Waals surface area contributed by atoms with Gasteiger partial charge in [0.05, 0.1) is 19.3 Å². The van der Waals surface area contributed by atoms with Gasteiger partial charge in [0.25, 0.3) is 11.8 Å². The Hall–Kier alpha value is -3.54. The third kappa shape index (κ3) is 6.32. The first kappa shape index (κ1) is 26.1. The van der Waals surface area contributed by atoms with Gasteiger partial charge >= 0.3 is 0 Å². The predicted molar refractivity (Wildman–Crippen MR) is 122 cm³/mol. The molecule has 0 aliphatic heterocycles. The third-order valence-corrected chi connectivity index (χ3v) is 5.98. The summed E-state index contributed by atoms with van der Waals surface area (Å²) < 4.78 is 18.5. The fraction of sp³-hybridized carbons (Fsp3) is 0.375. The van der Waals surface area contributed by atoms with Crippen molar-refractivity contribution in [2.45, 2.75) is 49.2 Å². The van der Waals surface area contributed by atoms with E-state index in [2.05, 4.69) is 10.6 Å². The lowest BCUT2D eigenvalue weighted by Gasteiger charge is -2.41. The molecule has 2 aromatic carbocycles. The number of benzene rings is 2. The topological polar surface area (TPSA) is 171 Å². The van der Waals surface area contributed by atoms with E-state index in [1.165, 1.54) is 19.2 Å². The number of nitrogens with two attached hydrogens (primary N) is 1. The zero-order chi connectivity index (χ0) is 25.8. The van der Waals surface area contributed by atoms with Gasteiger partial charge in [-0.05, 0) is 35.9 Å². The molecule has 7 N–H and O–H groups in total. The number of hydrogen-bond donors (Lipinski definition) is 6. The Balaban J connectivity index is 1.72. The molecule has 35 heavy (non-hydrogen) atoms. The van der Waals surface area contributed by atoms with E-state index in [9.17, 15) is 34.1 Å². The minimum atomic E-state index is -2.23. The van der Waals surface area contributed by atoms with Crippen LogP contribution in [-0.4, -0.2) is 70.0 Å². The molecule has 3 amide bonds. The van der Waals surface area contributed by atoms with Crippen LogP contribution in [0.1, 0.15) is 28.8 Å². The number of halogens is 1. The lowest BCUT2D eigenvalue weighted by atomic mass is 9.77. The molecule has 5 atom stereocenters. The molecule has 1 fully saturated rings. The molecule has 1 aliphatic rings. The zero-order valence-electron chi connectivity index (χ0n) is 19.0. The average Bonchev–Trinajstić information content (AvgIpc) is 2.82. The summed E-state index contributed by atoms with van der Waals surface area (Å²) in [4.78, 5) is 37.5. The minimum Gasteiger partial charge on any atom is -0.497 e. The highest BCUT2D eigenvalue weighted by Gasteiger charge is 2.49. The summed E-state index contributed by atoms with van der Waals surface area (Å²) >= 11 is 0. The van der Waals surface area contributed by atoms with E-state index >= 15 is 0 Å². The van der Waals surface area contributed by atoms with Gasteiger partial charge in [-0.2, -0.15) is 0 Å². The van der Waals surface area contributed by atoms with Crippen LogP contribution in [0.2, 0.25) is 0 Å². The second kappa shape index (κ2) is 10.8. The van der Waals surface area contributed by atoms with E-state index in [1.807, 2.05) is 0 Å². The molecule has 0 bridgehead atoms. The SMILES string of the molecule is COc1ccc(C[C@H](NC(=O)[C@@]2(O)C[C@@H](O)[C@H](O)[C@@H](NC(=O)c3cccc(F)c3)C2)C(N)=O)cc1. The van der Waals surface area contributed by atoms with Gasteiger partial charge in [0.2, 0.25) is 5.91 Å². The number of methoxy groups -OCH3 is 1.